The van der Waals surface area contributed by atoms with Gasteiger partial charge in [0.1, 0.15) is 5.75 Å². The van der Waals surface area contributed by atoms with Crippen LogP contribution in [0, 0.1) is 5.92 Å². The maximum atomic E-state index is 13.6. The molecule has 2 fully saturated rings. The van der Waals surface area contributed by atoms with E-state index < -0.39 is 6.10 Å². The van der Waals surface area contributed by atoms with E-state index in [-0.39, 0.29) is 30.2 Å². The molecule has 3 amide bonds. The maximum absolute atomic E-state index is 13.6. The maximum Gasteiger partial charge on any atom is 0.289 e. The van der Waals surface area contributed by atoms with Crippen molar-refractivity contribution >= 4 is 23.4 Å². The Bertz CT molecular complexity index is 1010. The van der Waals surface area contributed by atoms with Crippen LogP contribution in [0.4, 0.5) is 5.69 Å². The molecule has 0 N–H and O–H groups in total. The number of para-hydroxylation sites is 2. The number of anilines is 1. The Morgan fingerprint density at radius 2 is 1.58 bits per heavy atom. The standard InChI is InChI=1S/C25H29N3O5/c29-23(18-10-14-27(15-11-18)24(30)21-9-6-16-32-21)28-17-22(25(31)26-12-4-1-5-13-26)33-20-8-3-2-7-19(20)28/h2-3,6-9,16,18,22H,1,4-5,10-15,17H2/t22-/m0/s1. The van der Waals surface area contributed by atoms with Crippen molar-refractivity contribution in [2.45, 2.75) is 38.2 Å². The Balaban J connectivity index is 1.28. The first-order valence-corrected chi connectivity index (χ1v) is 11.8. The molecule has 0 radical (unpaired) electrons. The molecule has 3 aliphatic heterocycles. The highest BCUT2D eigenvalue weighted by molar-refractivity contribution is 5.99. The lowest BCUT2D eigenvalue weighted by molar-refractivity contribution is -0.139. The summed E-state index contributed by atoms with van der Waals surface area (Å²) in [4.78, 5) is 44.6. The van der Waals surface area contributed by atoms with E-state index in [9.17, 15) is 14.4 Å². The van der Waals surface area contributed by atoms with Crippen LogP contribution in [0.5, 0.6) is 5.75 Å². The molecule has 0 saturated carbocycles. The lowest BCUT2D eigenvalue weighted by atomic mass is 9.94. The highest BCUT2D eigenvalue weighted by atomic mass is 16.5. The number of fused-ring (bicyclic) bond motifs is 1. The Labute approximate surface area is 193 Å². The molecular weight excluding hydrogens is 422 g/mol. The third-order valence-corrected chi connectivity index (χ3v) is 6.85. The minimum atomic E-state index is -0.692. The summed E-state index contributed by atoms with van der Waals surface area (Å²) in [6.45, 7) is 2.71. The summed E-state index contributed by atoms with van der Waals surface area (Å²) < 4.78 is 11.3. The number of rotatable bonds is 3. The number of carbonyl (C=O) groups is 3. The minimum absolute atomic E-state index is 0.00714. The SMILES string of the molecule is O=C(c1ccco1)N1CCC(C(=O)N2C[C@@H](C(=O)N3CCCCC3)Oc3ccccc32)CC1. The average Bonchev–Trinajstić information content (AvgIpc) is 3.42. The van der Waals surface area contributed by atoms with E-state index in [0.29, 0.717) is 43.1 Å². The van der Waals surface area contributed by atoms with Crippen LogP contribution in [0.3, 0.4) is 0 Å². The molecule has 0 bridgehead atoms. The first-order valence-electron chi connectivity index (χ1n) is 11.8. The Hall–Kier alpha value is -3.29. The van der Waals surface area contributed by atoms with Gasteiger partial charge in [-0.2, -0.15) is 0 Å². The molecule has 5 rings (SSSR count). The number of nitrogens with zero attached hydrogens (tertiary/aromatic N) is 3. The van der Waals surface area contributed by atoms with Gasteiger partial charge in [0, 0.05) is 32.1 Å². The van der Waals surface area contributed by atoms with Crippen LogP contribution in [0.2, 0.25) is 0 Å². The van der Waals surface area contributed by atoms with Crippen molar-refractivity contribution in [3.05, 3.63) is 48.4 Å². The molecule has 1 aromatic heterocycles. The van der Waals surface area contributed by atoms with Gasteiger partial charge < -0.3 is 23.9 Å². The smallest absolute Gasteiger partial charge is 0.289 e. The highest BCUT2D eigenvalue weighted by Crippen LogP contribution is 2.36. The summed E-state index contributed by atoms with van der Waals surface area (Å²) >= 11 is 0. The first kappa shape index (κ1) is 21.6. The van der Waals surface area contributed by atoms with E-state index in [4.69, 9.17) is 9.15 Å². The van der Waals surface area contributed by atoms with E-state index in [1.54, 1.807) is 21.9 Å². The lowest BCUT2D eigenvalue weighted by Gasteiger charge is -2.39. The molecule has 1 atom stereocenters. The number of piperidine rings is 2. The van der Waals surface area contributed by atoms with Gasteiger partial charge in [0.15, 0.2) is 11.9 Å². The van der Waals surface area contributed by atoms with Gasteiger partial charge in [-0.15, -0.1) is 0 Å². The zero-order valence-corrected chi connectivity index (χ0v) is 18.7. The van der Waals surface area contributed by atoms with Crippen LogP contribution < -0.4 is 9.64 Å². The largest absolute Gasteiger partial charge is 0.476 e. The second-order valence-electron chi connectivity index (χ2n) is 8.95. The molecular formula is C25H29N3O5. The third kappa shape index (κ3) is 4.34. The summed E-state index contributed by atoms with van der Waals surface area (Å²) in [6.07, 6.45) is 5.11. The number of amides is 3. The highest BCUT2D eigenvalue weighted by Gasteiger charge is 2.39. The van der Waals surface area contributed by atoms with Crippen LogP contribution in [0.15, 0.2) is 47.1 Å². The fourth-order valence-electron chi connectivity index (χ4n) is 5.00. The minimum Gasteiger partial charge on any atom is -0.476 e. The number of carbonyl (C=O) groups excluding carboxylic acids is 3. The van der Waals surface area contributed by atoms with Gasteiger partial charge in [-0.3, -0.25) is 14.4 Å². The summed E-state index contributed by atoms with van der Waals surface area (Å²) in [7, 11) is 0. The van der Waals surface area contributed by atoms with E-state index >= 15 is 0 Å². The van der Waals surface area contributed by atoms with Gasteiger partial charge in [-0.05, 0) is 56.4 Å². The summed E-state index contributed by atoms with van der Waals surface area (Å²) in [5.41, 5.74) is 0.708. The van der Waals surface area contributed by atoms with Crippen molar-refractivity contribution in [3.8, 4) is 5.75 Å². The van der Waals surface area contributed by atoms with Crippen LogP contribution >= 0.6 is 0 Å². The molecule has 3 aliphatic rings. The van der Waals surface area contributed by atoms with E-state index in [0.717, 1.165) is 32.4 Å². The molecule has 33 heavy (non-hydrogen) atoms. The van der Waals surface area contributed by atoms with Gasteiger partial charge in [-0.1, -0.05) is 12.1 Å². The van der Waals surface area contributed by atoms with Crippen molar-refractivity contribution in [2.75, 3.05) is 37.6 Å². The molecule has 174 valence electrons. The molecule has 0 unspecified atom stereocenters. The molecule has 1 aromatic carbocycles. The average molecular weight is 452 g/mol. The van der Waals surface area contributed by atoms with Gasteiger partial charge in [0.05, 0.1) is 18.5 Å². The Kier molecular flexibility index (Phi) is 6.07. The van der Waals surface area contributed by atoms with Gasteiger partial charge in [-0.25, -0.2) is 0 Å². The number of hydrogen-bond acceptors (Lipinski definition) is 5. The predicted octanol–water partition coefficient (Wildman–Crippen LogP) is 2.94. The molecule has 0 aliphatic carbocycles. The zero-order chi connectivity index (χ0) is 22.8. The monoisotopic (exact) mass is 451 g/mol. The molecule has 0 spiro atoms. The van der Waals surface area contributed by atoms with Crippen molar-refractivity contribution in [1.82, 2.24) is 9.80 Å². The number of furan rings is 1. The second-order valence-corrected chi connectivity index (χ2v) is 8.95. The predicted molar refractivity (Wildman–Crippen MR) is 121 cm³/mol. The second kappa shape index (κ2) is 9.29. The van der Waals surface area contributed by atoms with Crippen molar-refractivity contribution in [3.63, 3.8) is 0 Å². The summed E-state index contributed by atoms with van der Waals surface area (Å²) in [5, 5.41) is 0. The normalized spacial score (nSPS) is 21.3. The number of ether oxygens (including phenoxy) is 1. The lowest BCUT2D eigenvalue weighted by Crippen LogP contribution is -2.54. The fourth-order valence-corrected chi connectivity index (χ4v) is 5.00. The molecule has 8 nitrogen and oxygen atoms in total. The molecule has 8 heteroatoms. The van der Waals surface area contributed by atoms with E-state index in [1.807, 2.05) is 29.2 Å². The Morgan fingerprint density at radius 1 is 0.818 bits per heavy atom. The summed E-state index contributed by atoms with van der Waals surface area (Å²) in [6, 6.07) is 10.8. The van der Waals surface area contributed by atoms with Crippen molar-refractivity contribution in [2.24, 2.45) is 5.92 Å². The quantitative estimate of drug-likeness (QED) is 0.717. The number of likely N-dealkylation sites (tertiary alicyclic amines) is 2. The molecule has 2 aromatic rings. The van der Waals surface area contributed by atoms with Crippen LogP contribution in [-0.2, 0) is 9.59 Å². The van der Waals surface area contributed by atoms with Crippen molar-refractivity contribution in [1.29, 1.82) is 0 Å². The zero-order valence-electron chi connectivity index (χ0n) is 18.7. The van der Waals surface area contributed by atoms with Gasteiger partial charge >= 0.3 is 0 Å². The molecule has 2 saturated heterocycles. The molecule has 4 heterocycles. The number of hydrogen-bond donors (Lipinski definition) is 0. The van der Waals surface area contributed by atoms with Crippen LogP contribution in [0.1, 0.15) is 42.7 Å². The van der Waals surface area contributed by atoms with Crippen LogP contribution in [-0.4, -0.2) is 66.3 Å². The Morgan fingerprint density at radius 3 is 2.30 bits per heavy atom. The van der Waals surface area contributed by atoms with E-state index in [1.165, 1.54) is 6.26 Å². The van der Waals surface area contributed by atoms with Gasteiger partial charge in [0.2, 0.25) is 5.91 Å². The topological polar surface area (TPSA) is 83.3 Å². The summed E-state index contributed by atoms with van der Waals surface area (Å²) in [5.74, 6) is 0.490. The first-order chi connectivity index (χ1) is 16.1. The number of benzene rings is 1. The third-order valence-electron chi connectivity index (χ3n) is 6.85. The fraction of sp³-hybridized carbons (Fsp3) is 0.480. The van der Waals surface area contributed by atoms with Crippen molar-refractivity contribution < 1.29 is 23.5 Å². The van der Waals surface area contributed by atoms with E-state index in [2.05, 4.69) is 0 Å². The van der Waals surface area contributed by atoms with Gasteiger partial charge in [0.25, 0.3) is 11.8 Å². The van der Waals surface area contributed by atoms with Crippen LogP contribution in [0.25, 0.3) is 0 Å².